The number of amides is 1. The number of thioether (sulfide) groups is 1. The number of aromatic nitrogens is 2. The van der Waals surface area contributed by atoms with Gasteiger partial charge in [-0.3, -0.25) is 9.48 Å². The van der Waals surface area contributed by atoms with Gasteiger partial charge in [0.25, 0.3) is 0 Å². The maximum atomic E-state index is 14.2. The van der Waals surface area contributed by atoms with Crippen molar-refractivity contribution in [2.24, 2.45) is 5.92 Å². The minimum Gasteiger partial charge on any atom is -0.391 e. The van der Waals surface area contributed by atoms with Gasteiger partial charge in [-0.1, -0.05) is 13.0 Å². The van der Waals surface area contributed by atoms with Crippen LogP contribution in [0.5, 0.6) is 0 Å². The molecule has 4 aliphatic heterocycles. The number of aliphatic hydroxyl groups excluding tert-OH is 2. The molecule has 11 nitrogen and oxygen atoms in total. The second-order valence-corrected chi connectivity index (χ2v) is 17.6. The first-order valence-corrected chi connectivity index (χ1v) is 20.5. The van der Waals surface area contributed by atoms with Gasteiger partial charge >= 0.3 is 6.18 Å². The van der Waals surface area contributed by atoms with E-state index in [4.69, 9.17) is 5.10 Å². The summed E-state index contributed by atoms with van der Waals surface area (Å²) in [4.78, 5) is 18.6. The number of alkyl halides is 3. The number of sulfonamides is 1. The Balaban J connectivity index is 1.19. The lowest BCUT2D eigenvalue weighted by atomic mass is 9.99. The molecule has 2 N–H and O–H groups in total. The van der Waals surface area contributed by atoms with Crippen molar-refractivity contribution in [3.63, 3.8) is 0 Å². The highest BCUT2D eigenvalue weighted by atomic mass is 32.2. The first kappa shape index (κ1) is 37.5. The van der Waals surface area contributed by atoms with Crippen molar-refractivity contribution < 1.29 is 36.6 Å². The fourth-order valence-electron chi connectivity index (χ4n) is 7.76. The van der Waals surface area contributed by atoms with Gasteiger partial charge in [-0.25, -0.2) is 8.42 Å². The average Bonchev–Trinajstić information content (AvgIpc) is 3.59. The van der Waals surface area contributed by atoms with Crippen molar-refractivity contribution in [2.45, 2.75) is 87.9 Å². The van der Waals surface area contributed by atoms with E-state index in [0.717, 1.165) is 56.8 Å². The fourth-order valence-corrected chi connectivity index (χ4v) is 9.67. The molecule has 3 fully saturated rings. The summed E-state index contributed by atoms with van der Waals surface area (Å²) in [6, 6.07) is 4.11. The number of rotatable bonds is 11. The van der Waals surface area contributed by atoms with Gasteiger partial charge in [-0.15, -0.1) is 11.8 Å². The molecule has 5 heterocycles. The van der Waals surface area contributed by atoms with Crippen LogP contribution in [0.25, 0.3) is 11.3 Å². The van der Waals surface area contributed by atoms with E-state index in [0.29, 0.717) is 67.6 Å². The fraction of sp³-hybridized carbons (Fsp3) is 0.706. The molecule has 0 radical (unpaired) electrons. The highest BCUT2D eigenvalue weighted by Gasteiger charge is 2.37. The van der Waals surface area contributed by atoms with Crippen molar-refractivity contribution in [3.8, 4) is 11.3 Å². The predicted molar refractivity (Wildman–Crippen MR) is 185 cm³/mol. The van der Waals surface area contributed by atoms with Crippen LogP contribution in [0, 0.1) is 5.92 Å². The SMILES string of the molecule is CC1CCN(CCSc2cc(-c3nn(C[C@@H](O)CN4CCC(N5C[C@@H](O)CC5=O)CC4)c4c3CN(S(C)(=O)=O)CC4)ccc2C(F)(F)F)CC1. The van der Waals surface area contributed by atoms with Gasteiger partial charge in [0, 0.05) is 85.7 Å². The van der Waals surface area contributed by atoms with Gasteiger partial charge in [0.05, 0.1) is 42.7 Å². The van der Waals surface area contributed by atoms with Gasteiger partial charge < -0.3 is 24.9 Å². The van der Waals surface area contributed by atoms with Crippen molar-refractivity contribution in [3.05, 3.63) is 35.0 Å². The van der Waals surface area contributed by atoms with Crippen LogP contribution in [0.15, 0.2) is 23.1 Å². The van der Waals surface area contributed by atoms with Gasteiger partial charge in [-0.05, 0) is 56.8 Å². The molecule has 3 saturated heterocycles. The Morgan fingerprint density at radius 1 is 1.04 bits per heavy atom. The molecule has 0 aliphatic carbocycles. The molecule has 6 rings (SSSR count). The molecule has 0 spiro atoms. The number of β-amino-alcohol motifs (C(OH)–C–C–N with tert-alkyl or cyclic N) is 2. The molecule has 16 heteroatoms. The van der Waals surface area contributed by atoms with Crippen molar-refractivity contribution >= 4 is 27.7 Å². The summed E-state index contributed by atoms with van der Waals surface area (Å²) in [6.07, 6.45) is -0.594. The molecule has 1 aromatic carbocycles. The average molecular weight is 743 g/mol. The number of benzene rings is 1. The standard InChI is InChI=1S/C34H49F3N6O5S2/c1-23-5-10-39(11-6-23)15-16-49-31-17-24(3-4-29(31)34(35,36)37)33-28-22-41(50(2,47)48)14-9-30(28)43(38-33)21-27(45)19-40-12-7-25(8-13-40)42-20-26(44)18-32(42)46/h3-4,17,23,25-27,44-45H,5-16,18-22H2,1-2H3/t26-,27-/m0/s1. The third-order valence-corrected chi connectivity index (χ3v) is 12.9. The van der Waals surface area contributed by atoms with E-state index in [9.17, 15) is 36.6 Å². The maximum Gasteiger partial charge on any atom is 0.417 e. The molecule has 0 unspecified atom stereocenters. The summed E-state index contributed by atoms with van der Waals surface area (Å²) >= 11 is 1.18. The molecule has 2 atom stereocenters. The lowest BCUT2D eigenvalue weighted by Crippen LogP contribution is -2.47. The first-order chi connectivity index (χ1) is 23.7. The molecule has 1 aromatic heterocycles. The van der Waals surface area contributed by atoms with Crippen LogP contribution in [0.2, 0.25) is 0 Å². The lowest BCUT2D eigenvalue weighted by molar-refractivity contribution is -0.139. The third-order valence-electron chi connectivity index (χ3n) is 10.7. The summed E-state index contributed by atoms with van der Waals surface area (Å²) in [5.74, 6) is 1.16. The number of likely N-dealkylation sites (tertiary alicyclic amines) is 3. The number of halogens is 3. The number of carbonyl (C=O) groups is 1. The van der Waals surface area contributed by atoms with Gasteiger partial charge in [-0.2, -0.15) is 22.6 Å². The minimum absolute atomic E-state index is 0.0180. The molecule has 4 aliphatic rings. The Hall–Kier alpha value is -2.21. The molecule has 0 bridgehead atoms. The van der Waals surface area contributed by atoms with Crippen LogP contribution in [0.1, 0.15) is 55.8 Å². The van der Waals surface area contributed by atoms with E-state index < -0.39 is 34.0 Å². The summed E-state index contributed by atoms with van der Waals surface area (Å²) in [7, 11) is -3.53. The minimum atomic E-state index is -4.53. The zero-order chi connectivity index (χ0) is 35.8. The Morgan fingerprint density at radius 2 is 1.74 bits per heavy atom. The summed E-state index contributed by atoms with van der Waals surface area (Å²) < 4.78 is 70.6. The quantitative estimate of drug-likeness (QED) is 0.335. The number of carbonyl (C=O) groups excluding carboxylic acids is 1. The maximum absolute atomic E-state index is 14.2. The van der Waals surface area contributed by atoms with Crippen molar-refractivity contribution in [2.75, 3.05) is 64.4 Å². The largest absolute Gasteiger partial charge is 0.417 e. The van der Waals surface area contributed by atoms with Crippen LogP contribution in [-0.4, -0.2) is 136 Å². The van der Waals surface area contributed by atoms with E-state index >= 15 is 0 Å². The van der Waals surface area contributed by atoms with Crippen LogP contribution < -0.4 is 0 Å². The Bertz CT molecular complexity index is 1620. The van der Waals surface area contributed by atoms with E-state index in [-0.39, 0.29) is 42.9 Å². The van der Waals surface area contributed by atoms with E-state index in [1.807, 2.05) is 0 Å². The van der Waals surface area contributed by atoms with Crippen molar-refractivity contribution in [1.29, 1.82) is 0 Å². The Kier molecular flexibility index (Phi) is 11.6. The first-order valence-electron chi connectivity index (χ1n) is 17.6. The number of hydrogen-bond donors (Lipinski definition) is 2. The molecular weight excluding hydrogens is 694 g/mol. The van der Waals surface area contributed by atoms with Gasteiger partial charge in [0.1, 0.15) is 0 Å². The van der Waals surface area contributed by atoms with E-state index in [1.165, 1.54) is 28.2 Å². The zero-order valence-corrected chi connectivity index (χ0v) is 30.4. The number of fused-ring (bicyclic) bond motifs is 1. The van der Waals surface area contributed by atoms with E-state index in [1.54, 1.807) is 9.58 Å². The molecule has 278 valence electrons. The molecular formula is C34H49F3N6O5S2. The van der Waals surface area contributed by atoms with E-state index in [2.05, 4.69) is 16.7 Å². The van der Waals surface area contributed by atoms with Crippen LogP contribution in [-0.2, 0) is 40.5 Å². The highest BCUT2D eigenvalue weighted by Crippen LogP contribution is 2.40. The third kappa shape index (κ3) is 8.87. The number of piperidine rings is 2. The number of aliphatic hydroxyl groups is 2. The summed E-state index contributed by atoms with van der Waals surface area (Å²) in [5, 5.41) is 25.9. The molecule has 50 heavy (non-hydrogen) atoms. The second-order valence-electron chi connectivity index (χ2n) is 14.5. The zero-order valence-electron chi connectivity index (χ0n) is 28.8. The van der Waals surface area contributed by atoms with Crippen LogP contribution in [0.3, 0.4) is 0 Å². The van der Waals surface area contributed by atoms with Crippen LogP contribution >= 0.6 is 11.8 Å². The summed E-state index contributed by atoms with van der Waals surface area (Å²) in [5.41, 5.74) is 1.63. The lowest BCUT2D eigenvalue weighted by Gasteiger charge is -2.37. The normalized spacial score (nSPS) is 23.1. The second kappa shape index (κ2) is 15.4. The summed E-state index contributed by atoms with van der Waals surface area (Å²) in [6.45, 7) is 7.38. The van der Waals surface area contributed by atoms with Crippen molar-refractivity contribution in [1.82, 2.24) is 28.8 Å². The van der Waals surface area contributed by atoms with Gasteiger partial charge in [0.2, 0.25) is 15.9 Å². The Labute approximate surface area is 296 Å². The number of hydrogen-bond acceptors (Lipinski definition) is 9. The predicted octanol–water partition coefficient (Wildman–Crippen LogP) is 3.13. The van der Waals surface area contributed by atoms with Gasteiger partial charge in [0.15, 0.2) is 0 Å². The monoisotopic (exact) mass is 742 g/mol. The number of nitrogens with zero attached hydrogens (tertiary/aromatic N) is 6. The smallest absolute Gasteiger partial charge is 0.391 e. The molecule has 2 aromatic rings. The molecule has 1 amide bonds. The molecule has 0 saturated carbocycles. The Morgan fingerprint density at radius 3 is 2.38 bits per heavy atom. The topological polar surface area (TPSA) is 122 Å². The van der Waals surface area contributed by atoms with Crippen LogP contribution in [0.4, 0.5) is 13.2 Å². The highest BCUT2D eigenvalue weighted by molar-refractivity contribution is 7.99.